The largest absolute Gasteiger partial charge is 0.413 e. The van der Waals surface area contributed by atoms with Gasteiger partial charge in [0.05, 0.1) is 5.92 Å². The lowest BCUT2D eigenvalue weighted by atomic mass is 9.89. The van der Waals surface area contributed by atoms with Crippen LogP contribution in [-0.4, -0.2) is 17.6 Å². The second-order valence-electron chi connectivity index (χ2n) is 6.81. The number of hydrogen-bond acceptors (Lipinski definition) is 1. The van der Waals surface area contributed by atoms with E-state index in [4.69, 9.17) is 0 Å². The molecule has 2 unspecified atom stereocenters. The van der Waals surface area contributed by atoms with Gasteiger partial charge in [0.1, 0.15) is 0 Å². The zero-order valence-electron chi connectivity index (χ0n) is 14.3. The summed E-state index contributed by atoms with van der Waals surface area (Å²) in [6, 6.07) is 0. The van der Waals surface area contributed by atoms with Gasteiger partial charge < -0.3 is 0 Å². The second-order valence-corrected chi connectivity index (χ2v) is 8.15. The highest BCUT2D eigenvalue weighted by molar-refractivity contribution is 8.03. The molecule has 0 saturated carbocycles. The number of unbranched alkanes of at least 4 members (excludes halogenated alkanes) is 1. The fourth-order valence-corrected chi connectivity index (χ4v) is 5.04. The van der Waals surface area contributed by atoms with Gasteiger partial charge in [-0.1, -0.05) is 25.0 Å². The highest BCUT2D eigenvalue weighted by Gasteiger charge is 2.49. The van der Waals surface area contributed by atoms with Gasteiger partial charge in [0.15, 0.2) is 0 Å². The molecule has 2 atom stereocenters. The van der Waals surface area contributed by atoms with Crippen LogP contribution in [0.2, 0.25) is 0 Å². The SMILES string of the molecule is CCCCC1=CCC(SC2=C(C(F)(F)F)CCCC2C(F)(F)F)CC1. The third-order valence-corrected chi connectivity index (χ3v) is 6.42. The molecule has 144 valence electrons. The Kier molecular flexibility index (Phi) is 6.96. The van der Waals surface area contributed by atoms with E-state index in [0.717, 1.165) is 37.4 Å². The molecule has 25 heavy (non-hydrogen) atoms. The van der Waals surface area contributed by atoms with E-state index in [2.05, 4.69) is 6.92 Å². The van der Waals surface area contributed by atoms with Crippen molar-refractivity contribution in [1.82, 2.24) is 0 Å². The molecule has 0 aliphatic heterocycles. The van der Waals surface area contributed by atoms with Crippen LogP contribution >= 0.6 is 11.8 Å². The molecule has 2 aliphatic rings. The highest BCUT2D eigenvalue weighted by Crippen LogP contribution is 2.52. The zero-order chi connectivity index (χ0) is 18.7. The first kappa shape index (κ1) is 20.7. The van der Waals surface area contributed by atoms with Crippen LogP contribution in [0, 0.1) is 5.92 Å². The molecule has 0 amide bonds. The molecule has 0 bridgehead atoms. The smallest absolute Gasteiger partial charge is 0.170 e. The molecule has 0 nitrogen and oxygen atoms in total. The predicted molar refractivity (Wildman–Crippen MR) is 89.3 cm³/mol. The molecule has 2 rings (SSSR count). The predicted octanol–water partition coefficient (Wildman–Crippen LogP) is 7.57. The number of hydrogen-bond donors (Lipinski definition) is 0. The second kappa shape index (κ2) is 8.40. The average Bonchev–Trinajstić information content (AvgIpc) is 2.52. The first-order chi connectivity index (χ1) is 11.6. The van der Waals surface area contributed by atoms with Crippen LogP contribution in [-0.2, 0) is 0 Å². The van der Waals surface area contributed by atoms with Crippen molar-refractivity contribution >= 4 is 11.8 Å². The Bertz CT molecular complexity index is 515. The van der Waals surface area contributed by atoms with Crippen LogP contribution in [0.5, 0.6) is 0 Å². The minimum absolute atomic E-state index is 0.0607. The molecule has 0 fully saturated rings. The van der Waals surface area contributed by atoms with Crippen molar-refractivity contribution in [2.75, 3.05) is 0 Å². The summed E-state index contributed by atoms with van der Waals surface area (Å²) in [5.74, 6) is -1.96. The summed E-state index contributed by atoms with van der Waals surface area (Å²) in [5, 5.41) is -0.194. The molecule has 7 heteroatoms. The van der Waals surface area contributed by atoms with E-state index in [1.807, 2.05) is 6.08 Å². The summed E-state index contributed by atoms with van der Waals surface area (Å²) in [7, 11) is 0. The van der Waals surface area contributed by atoms with E-state index in [1.165, 1.54) is 5.57 Å². The van der Waals surface area contributed by atoms with Gasteiger partial charge in [-0.05, 0) is 51.4 Å². The molecule has 0 aromatic heterocycles. The molecule has 0 saturated heterocycles. The number of rotatable bonds is 5. The van der Waals surface area contributed by atoms with Gasteiger partial charge in [0.2, 0.25) is 0 Å². The summed E-state index contributed by atoms with van der Waals surface area (Å²) in [6.07, 6.45) is -2.75. The lowest BCUT2D eigenvalue weighted by Gasteiger charge is -2.33. The third-order valence-electron chi connectivity index (χ3n) is 4.87. The molecule has 0 N–H and O–H groups in total. The van der Waals surface area contributed by atoms with Crippen LogP contribution in [0.25, 0.3) is 0 Å². The number of alkyl halides is 6. The Balaban J connectivity index is 2.17. The minimum Gasteiger partial charge on any atom is -0.170 e. The van der Waals surface area contributed by atoms with E-state index < -0.39 is 28.7 Å². The normalized spacial score (nSPS) is 26.0. The van der Waals surface area contributed by atoms with E-state index in [1.54, 1.807) is 0 Å². The Morgan fingerprint density at radius 1 is 1.08 bits per heavy atom. The summed E-state index contributed by atoms with van der Waals surface area (Å²) >= 11 is 0.832. The topological polar surface area (TPSA) is 0 Å². The van der Waals surface area contributed by atoms with Crippen molar-refractivity contribution in [3.8, 4) is 0 Å². The quantitative estimate of drug-likeness (QED) is 0.347. The van der Waals surface area contributed by atoms with Crippen molar-refractivity contribution in [1.29, 1.82) is 0 Å². The fourth-order valence-electron chi connectivity index (χ4n) is 3.48. The van der Waals surface area contributed by atoms with Crippen molar-refractivity contribution < 1.29 is 26.3 Å². The Morgan fingerprint density at radius 3 is 2.32 bits per heavy atom. The number of allylic oxidation sites excluding steroid dienone is 4. The molecular weight excluding hydrogens is 362 g/mol. The summed E-state index contributed by atoms with van der Waals surface area (Å²) in [6.45, 7) is 2.09. The molecule has 0 spiro atoms. The first-order valence-electron chi connectivity index (χ1n) is 8.84. The molecule has 0 heterocycles. The standard InChI is InChI=1S/C18H24F6S/c1-2-3-5-12-8-10-13(11-9-12)25-16-14(17(19,20)21)6-4-7-15(16)18(22,23)24/h8,13-14H,2-7,9-11H2,1H3. The molecule has 0 aromatic carbocycles. The fraction of sp³-hybridized carbons (Fsp3) is 0.778. The molecule has 2 aliphatic carbocycles. The third kappa shape index (κ3) is 5.69. The van der Waals surface area contributed by atoms with Gasteiger partial charge in [-0.15, -0.1) is 11.8 Å². The molecule has 0 aromatic rings. The van der Waals surface area contributed by atoms with Gasteiger partial charge in [0.25, 0.3) is 0 Å². The highest BCUT2D eigenvalue weighted by atomic mass is 32.2. The van der Waals surface area contributed by atoms with E-state index in [-0.39, 0.29) is 24.5 Å². The molecule has 0 radical (unpaired) electrons. The maximum Gasteiger partial charge on any atom is 0.413 e. The lowest BCUT2D eigenvalue weighted by molar-refractivity contribution is -0.167. The summed E-state index contributed by atoms with van der Waals surface area (Å²) in [5.41, 5.74) is 0.339. The van der Waals surface area contributed by atoms with Crippen LogP contribution in [0.3, 0.4) is 0 Å². The maximum atomic E-state index is 13.3. The maximum absolute atomic E-state index is 13.3. The summed E-state index contributed by atoms with van der Waals surface area (Å²) in [4.78, 5) is -0.471. The van der Waals surface area contributed by atoms with Crippen LogP contribution in [0.1, 0.15) is 64.7 Å². The first-order valence-corrected chi connectivity index (χ1v) is 9.72. The van der Waals surface area contributed by atoms with Gasteiger partial charge in [0, 0.05) is 15.7 Å². The van der Waals surface area contributed by atoms with Crippen molar-refractivity contribution in [2.24, 2.45) is 5.92 Å². The van der Waals surface area contributed by atoms with E-state index >= 15 is 0 Å². The van der Waals surface area contributed by atoms with Crippen molar-refractivity contribution in [3.05, 3.63) is 22.1 Å². The Hall–Kier alpha value is -0.590. The van der Waals surface area contributed by atoms with E-state index in [9.17, 15) is 26.3 Å². The minimum atomic E-state index is -4.68. The van der Waals surface area contributed by atoms with Gasteiger partial charge in [-0.3, -0.25) is 0 Å². The van der Waals surface area contributed by atoms with E-state index in [0.29, 0.717) is 12.8 Å². The molecular formula is C18H24F6S. The van der Waals surface area contributed by atoms with Crippen LogP contribution in [0.4, 0.5) is 26.3 Å². The average molecular weight is 386 g/mol. The number of thioether (sulfide) groups is 1. The number of halogens is 6. The Morgan fingerprint density at radius 2 is 1.80 bits per heavy atom. The summed E-state index contributed by atoms with van der Waals surface area (Å²) < 4.78 is 79.6. The van der Waals surface area contributed by atoms with Crippen LogP contribution in [0.15, 0.2) is 22.1 Å². The van der Waals surface area contributed by atoms with Crippen LogP contribution < -0.4 is 0 Å². The lowest BCUT2D eigenvalue weighted by Crippen LogP contribution is -2.31. The van der Waals surface area contributed by atoms with Gasteiger partial charge in [-0.2, -0.15) is 26.3 Å². The monoisotopic (exact) mass is 386 g/mol. The zero-order valence-corrected chi connectivity index (χ0v) is 15.1. The van der Waals surface area contributed by atoms with Gasteiger partial charge in [-0.25, -0.2) is 0 Å². The Labute approximate surface area is 149 Å². The van der Waals surface area contributed by atoms with Crippen molar-refractivity contribution in [3.63, 3.8) is 0 Å². The van der Waals surface area contributed by atoms with Gasteiger partial charge >= 0.3 is 12.4 Å². The van der Waals surface area contributed by atoms with Crippen molar-refractivity contribution in [2.45, 2.75) is 82.3 Å².